The summed E-state index contributed by atoms with van der Waals surface area (Å²) in [4.78, 5) is 14.9. The Kier molecular flexibility index (Phi) is 5.93. The lowest BCUT2D eigenvalue weighted by Gasteiger charge is -2.10. The molecule has 0 saturated heterocycles. The van der Waals surface area contributed by atoms with Crippen molar-refractivity contribution in [3.05, 3.63) is 145 Å². The summed E-state index contributed by atoms with van der Waals surface area (Å²) < 4.78 is 12.4. The molecular formula is C43H27N3O2. The predicted octanol–water partition coefficient (Wildman–Crippen LogP) is 11.3. The minimum absolute atomic E-state index is 0.599. The molecular weight excluding hydrogens is 590 g/mol. The Morgan fingerprint density at radius 1 is 0.479 bits per heavy atom. The van der Waals surface area contributed by atoms with Gasteiger partial charge in [-0.05, 0) is 64.7 Å². The summed E-state index contributed by atoms with van der Waals surface area (Å²) in [5.41, 5.74) is 8.91. The predicted molar refractivity (Wildman–Crippen MR) is 193 cm³/mol. The van der Waals surface area contributed by atoms with E-state index in [2.05, 4.69) is 84.9 Å². The van der Waals surface area contributed by atoms with Crippen LogP contribution in [0.3, 0.4) is 0 Å². The van der Waals surface area contributed by atoms with Gasteiger partial charge in [0.05, 0.1) is 0 Å². The second-order valence-electron chi connectivity index (χ2n) is 12.3. The number of furan rings is 2. The zero-order valence-corrected chi connectivity index (χ0v) is 25.9. The van der Waals surface area contributed by atoms with Crippen LogP contribution in [0, 0.1) is 0 Å². The van der Waals surface area contributed by atoms with Crippen LogP contribution in [0.25, 0.3) is 95.0 Å². The van der Waals surface area contributed by atoms with Crippen molar-refractivity contribution in [2.45, 2.75) is 12.8 Å². The molecule has 3 heterocycles. The SMILES string of the molecule is C1=Cc2c(oc3cccc(-c4ccc5cc(-c6nc(-c7ccccc7)nc(-c7ccc8c(c7)oc7ccccc78)n6)ccc5c4)c23)CC1. The first-order valence-corrected chi connectivity index (χ1v) is 16.2. The van der Waals surface area contributed by atoms with E-state index in [1.165, 1.54) is 22.1 Å². The maximum atomic E-state index is 6.25. The van der Waals surface area contributed by atoms with E-state index in [1.807, 2.05) is 54.6 Å². The molecule has 0 unspecified atom stereocenters. The fourth-order valence-electron chi connectivity index (χ4n) is 7.01. The number of benzene rings is 6. The van der Waals surface area contributed by atoms with Gasteiger partial charge in [0.15, 0.2) is 17.5 Å². The van der Waals surface area contributed by atoms with Gasteiger partial charge in [0.1, 0.15) is 22.5 Å². The number of para-hydroxylation sites is 1. The van der Waals surface area contributed by atoms with E-state index in [-0.39, 0.29) is 0 Å². The molecule has 5 nitrogen and oxygen atoms in total. The van der Waals surface area contributed by atoms with Crippen molar-refractivity contribution >= 4 is 49.8 Å². The molecule has 0 saturated carbocycles. The Morgan fingerprint density at radius 2 is 1.15 bits per heavy atom. The minimum atomic E-state index is 0.599. The van der Waals surface area contributed by atoms with Crippen LogP contribution in [0.1, 0.15) is 17.7 Å². The van der Waals surface area contributed by atoms with E-state index in [1.54, 1.807) is 0 Å². The van der Waals surface area contributed by atoms with E-state index < -0.39 is 0 Å². The fraction of sp³-hybridized carbons (Fsp3) is 0.0465. The maximum Gasteiger partial charge on any atom is 0.164 e. The molecule has 226 valence electrons. The number of hydrogen-bond donors (Lipinski definition) is 0. The molecule has 0 spiro atoms. The third-order valence-corrected chi connectivity index (χ3v) is 9.37. The molecule has 48 heavy (non-hydrogen) atoms. The van der Waals surface area contributed by atoms with Gasteiger partial charge in [-0.2, -0.15) is 0 Å². The van der Waals surface area contributed by atoms with Gasteiger partial charge in [0.25, 0.3) is 0 Å². The first kappa shape index (κ1) is 26.8. The second-order valence-corrected chi connectivity index (χ2v) is 12.3. The van der Waals surface area contributed by atoms with E-state index in [4.69, 9.17) is 23.8 Å². The van der Waals surface area contributed by atoms with Gasteiger partial charge < -0.3 is 8.83 Å². The summed E-state index contributed by atoms with van der Waals surface area (Å²) in [6.07, 6.45) is 6.41. The zero-order chi connectivity index (χ0) is 31.6. The van der Waals surface area contributed by atoms with Crippen molar-refractivity contribution in [2.24, 2.45) is 0 Å². The molecule has 0 aliphatic heterocycles. The molecule has 6 aromatic carbocycles. The summed E-state index contributed by atoms with van der Waals surface area (Å²) in [5, 5.41) is 5.61. The highest BCUT2D eigenvalue weighted by Crippen LogP contribution is 2.39. The van der Waals surface area contributed by atoms with Crippen molar-refractivity contribution in [2.75, 3.05) is 0 Å². The highest BCUT2D eigenvalue weighted by Gasteiger charge is 2.19. The number of rotatable bonds is 4. The van der Waals surface area contributed by atoms with Gasteiger partial charge in [0.2, 0.25) is 0 Å². The van der Waals surface area contributed by atoms with Gasteiger partial charge >= 0.3 is 0 Å². The maximum absolute atomic E-state index is 6.25. The van der Waals surface area contributed by atoms with Crippen LogP contribution in [0.15, 0.2) is 142 Å². The monoisotopic (exact) mass is 617 g/mol. The number of hydrogen-bond acceptors (Lipinski definition) is 5. The van der Waals surface area contributed by atoms with Crippen LogP contribution in [0.5, 0.6) is 0 Å². The first-order valence-electron chi connectivity index (χ1n) is 16.2. The van der Waals surface area contributed by atoms with Crippen molar-refractivity contribution in [1.82, 2.24) is 15.0 Å². The fourth-order valence-corrected chi connectivity index (χ4v) is 7.01. The number of aromatic nitrogens is 3. The van der Waals surface area contributed by atoms with E-state index in [0.717, 1.165) is 73.6 Å². The van der Waals surface area contributed by atoms with Crippen LogP contribution in [0.2, 0.25) is 0 Å². The molecule has 1 aliphatic rings. The largest absolute Gasteiger partial charge is 0.460 e. The molecule has 5 heteroatoms. The lowest BCUT2D eigenvalue weighted by Crippen LogP contribution is -2.00. The van der Waals surface area contributed by atoms with Crippen molar-refractivity contribution in [3.8, 4) is 45.3 Å². The average molecular weight is 618 g/mol. The lowest BCUT2D eigenvalue weighted by molar-refractivity contribution is 0.546. The summed E-state index contributed by atoms with van der Waals surface area (Å²) in [6, 6.07) is 43.8. The Morgan fingerprint density at radius 3 is 2.00 bits per heavy atom. The van der Waals surface area contributed by atoms with Crippen molar-refractivity contribution in [3.63, 3.8) is 0 Å². The number of aryl methyl sites for hydroxylation is 1. The van der Waals surface area contributed by atoms with Crippen molar-refractivity contribution in [1.29, 1.82) is 0 Å². The first-order chi connectivity index (χ1) is 23.7. The van der Waals surface area contributed by atoms with Gasteiger partial charge in [-0.3, -0.25) is 0 Å². The van der Waals surface area contributed by atoms with Crippen LogP contribution >= 0.6 is 0 Å². The smallest absolute Gasteiger partial charge is 0.164 e. The van der Waals surface area contributed by atoms with Gasteiger partial charge in [-0.15, -0.1) is 0 Å². The summed E-state index contributed by atoms with van der Waals surface area (Å²) >= 11 is 0. The van der Waals surface area contributed by atoms with Crippen LogP contribution in [-0.4, -0.2) is 15.0 Å². The van der Waals surface area contributed by atoms with Crippen molar-refractivity contribution < 1.29 is 8.83 Å². The van der Waals surface area contributed by atoms with Gasteiger partial charge in [0, 0.05) is 44.8 Å². The number of nitrogens with zero attached hydrogens (tertiary/aromatic N) is 3. The molecule has 1 aliphatic carbocycles. The summed E-state index contributed by atoms with van der Waals surface area (Å²) in [5.74, 6) is 2.93. The molecule has 0 N–H and O–H groups in total. The minimum Gasteiger partial charge on any atom is -0.460 e. The molecule has 0 fully saturated rings. The third kappa shape index (κ3) is 4.36. The van der Waals surface area contributed by atoms with E-state index in [9.17, 15) is 0 Å². The Bertz CT molecular complexity index is 2740. The van der Waals surface area contributed by atoms with E-state index >= 15 is 0 Å². The molecule has 0 bridgehead atoms. The topological polar surface area (TPSA) is 65.0 Å². The van der Waals surface area contributed by atoms with Gasteiger partial charge in [-0.25, -0.2) is 15.0 Å². The molecule has 0 atom stereocenters. The second kappa shape index (κ2) is 10.6. The summed E-state index contributed by atoms with van der Waals surface area (Å²) in [6.45, 7) is 0. The van der Waals surface area contributed by atoms with Crippen LogP contribution in [-0.2, 0) is 6.42 Å². The standard InChI is InChI=1S/C43H27N3O2/c1-2-9-26(10-3-1)41-44-42(46-43(45-41)31-21-22-34-33-11-4-6-14-36(33)48-39(34)25-31)30-20-18-27-23-29(19-17-28(27)24-30)32-13-8-16-38-40(32)35-12-5-7-15-37(35)47-38/h1-6,8-14,16-25H,7,15H2. The van der Waals surface area contributed by atoms with Crippen LogP contribution in [0.4, 0.5) is 0 Å². The van der Waals surface area contributed by atoms with Gasteiger partial charge in [-0.1, -0.05) is 103 Å². The zero-order valence-electron chi connectivity index (χ0n) is 25.9. The average Bonchev–Trinajstić information content (AvgIpc) is 3.73. The molecule has 0 amide bonds. The van der Waals surface area contributed by atoms with Crippen LogP contribution < -0.4 is 0 Å². The third-order valence-electron chi connectivity index (χ3n) is 9.37. The highest BCUT2D eigenvalue weighted by molar-refractivity contribution is 6.06. The summed E-state index contributed by atoms with van der Waals surface area (Å²) in [7, 11) is 0. The highest BCUT2D eigenvalue weighted by atomic mass is 16.3. The lowest BCUT2D eigenvalue weighted by atomic mass is 9.94. The Labute approximate surface area is 275 Å². The normalized spacial score (nSPS) is 12.8. The number of fused-ring (bicyclic) bond motifs is 7. The number of allylic oxidation sites excluding steroid dienone is 1. The quantitative estimate of drug-likeness (QED) is 0.197. The molecule has 3 aromatic heterocycles. The Balaban J connectivity index is 1.09. The molecule has 10 rings (SSSR count). The molecule has 0 radical (unpaired) electrons. The molecule has 9 aromatic rings. The Hall–Kier alpha value is -6.33. The van der Waals surface area contributed by atoms with E-state index in [0.29, 0.717) is 17.5 Å².